The predicted octanol–water partition coefficient (Wildman–Crippen LogP) is 19.2. The number of hydrogen-bond acceptors (Lipinski definition) is 6. The Morgan fingerprint density at radius 1 is 0.309 bits per heavy atom. The first-order valence-electron chi connectivity index (χ1n) is 28.6. The molecule has 0 aliphatic carbocycles. The first-order valence-corrected chi connectivity index (χ1v) is 28.6. The summed E-state index contributed by atoms with van der Waals surface area (Å²) in [6, 6.07) is 0. The quantitative estimate of drug-likeness (QED) is 0.0262. The summed E-state index contributed by atoms with van der Waals surface area (Å²) in [5.41, 5.74) is 0. The minimum absolute atomic E-state index is 0.0895. The van der Waals surface area contributed by atoms with Gasteiger partial charge in [-0.15, -0.1) is 0 Å². The van der Waals surface area contributed by atoms with E-state index >= 15 is 0 Å². The Hall–Kier alpha value is -3.41. The number of ether oxygens (including phenoxy) is 3. The lowest BCUT2D eigenvalue weighted by Gasteiger charge is -2.18. The number of carbonyl (C=O) groups excluding carboxylic acids is 3. The molecule has 68 heavy (non-hydrogen) atoms. The molecule has 0 rings (SSSR count). The third-order valence-corrected chi connectivity index (χ3v) is 12.1. The first kappa shape index (κ1) is 64.6. The van der Waals surface area contributed by atoms with Crippen LogP contribution in [0.25, 0.3) is 0 Å². The van der Waals surface area contributed by atoms with E-state index in [-0.39, 0.29) is 31.1 Å². The highest BCUT2D eigenvalue weighted by molar-refractivity contribution is 5.71. The lowest BCUT2D eigenvalue weighted by molar-refractivity contribution is -0.167. The van der Waals surface area contributed by atoms with Crippen LogP contribution in [0.1, 0.15) is 271 Å². The molecule has 0 spiro atoms. The van der Waals surface area contributed by atoms with E-state index in [4.69, 9.17) is 14.2 Å². The van der Waals surface area contributed by atoms with Crippen molar-refractivity contribution >= 4 is 17.9 Å². The second-order valence-electron chi connectivity index (χ2n) is 18.8. The fraction of sp³-hybridized carbons (Fsp3) is 0.726. The number of rotatable bonds is 51. The molecule has 0 aromatic rings. The Labute approximate surface area is 420 Å². The average molecular weight is 948 g/mol. The highest BCUT2D eigenvalue weighted by atomic mass is 16.6. The molecular weight excluding hydrogens is 841 g/mol. The fourth-order valence-corrected chi connectivity index (χ4v) is 7.85. The van der Waals surface area contributed by atoms with E-state index in [1.54, 1.807) is 0 Å². The molecule has 0 radical (unpaired) electrons. The minimum Gasteiger partial charge on any atom is -0.462 e. The van der Waals surface area contributed by atoms with Crippen LogP contribution in [0.2, 0.25) is 0 Å². The Morgan fingerprint density at radius 3 is 0.897 bits per heavy atom. The molecular formula is C62H106O6. The van der Waals surface area contributed by atoms with Crippen LogP contribution in [0.5, 0.6) is 0 Å². The third-order valence-electron chi connectivity index (χ3n) is 12.1. The summed E-state index contributed by atoms with van der Waals surface area (Å²) in [5, 5.41) is 0. The second-order valence-corrected chi connectivity index (χ2v) is 18.8. The average Bonchev–Trinajstić information content (AvgIpc) is 3.34. The summed E-state index contributed by atoms with van der Waals surface area (Å²) < 4.78 is 16.8. The molecule has 0 amide bonds. The van der Waals surface area contributed by atoms with Crippen LogP contribution in [0, 0.1) is 0 Å². The molecule has 0 bridgehead atoms. The van der Waals surface area contributed by atoms with Crippen molar-refractivity contribution in [1.29, 1.82) is 0 Å². The first-order chi connectivity index (χ1) is 33.5. The van der Waals surface area contributed by atoms with Gasteiger partial charge in [-0.05, 0) is 96.3 Å². The van der Waals surface area contributed by atoms with Gasteiger partial charge in [0.1, 0.15) is 13.2 Å². The minimum atomic E-state index is -0.794. The van der Waals surface area contributed by atoms with E-state index in [0.29, 0.717) is 19.3 Å². The largest absolute Gasteiger partial charge is 0.462 e. The van der Waals surface area contributed by atoms with Gasteiger partial charge in [-0.1, -0.05) is 241 Å². The van der Waals surface area contributed by atoms with Gasteiger partial charge in [0.15, 0.2) is 6.10 Å². The normalized spacial score (nSPS) is 12.7. The van der Waals surface area contributed by atoms with E-state index in [9.17, 15) is 14.4 Å². The van der Waals surface area contributed by atoms with E-state index in [2.05, 4.69) is 106 Å². The summed E-state index contributed by atoms with van der Waals surface area (Å²) in [6.45, 7) is 6.49. The fourth-order valence-electron chi connectivity index (χ4n) is 7.85. The molecule has 0 aromatic carbocycles. The zero-order valence-corrected chi connectivity index (χ0v) is 44.6. The van der Waals surface area contributed by atoms with E-state index in [1.807, 2.05) is 0 Å². The molecule has 0 saturated heterocycles. The Morgan fingerprint density at radius 2 is 0.574 bits per heavy atom. The lowest BCUT2D eigenvalue weighted by Crippen LogP contribution is -2.30. The Bertz CT molecular complexity index is 1320. The maximum atomic E-state index is 12.8. The molecule has 1 atom stereocenters. The van der Waals surface area contributed by atoms with Crippen LogP contribution < -0.4 is 0 Å². The van der Waals surface area contributed by atoms with Gasteiger partial charge in [0.25, 0.3) is 0 Å². The zero-order chi connectivity index (χ0) is 49.3. The number of unbranched alkanes of at least 4 members (excludes halogenated alkanes) is 26. The van der Waals surface area contributed by atoms with Crippen LogP contribution in [0.4, 0.5) is 0 Å². The topological polar surface area (TPSA) is 78.9 Å². The van der Waals surface area contributed by atoms with Crippen molar-refractivity contribution < 1.29 is 28.6 Å². The molecule has 390 valence electrons. The Kier molecular flexibility index (Phi) is 53.4. The van der Waals surface area contributed by atoms with Crippen LogP contribution in [0.15, 0.2) is 85.1 Å². The number of hydrogen-bond donors (Lipinski definition) is 0. The highest BCUT2D eigenvalue weighted by Crippen LogP contribution is 2.15. The molecule has 0 aliphatic rings. The molecule has 0 aliphatic heterocycles. The van der Waals surface area contributed by atoms with E-state index < -0.39 is 6.10 Å². The molecule has 0 saturated carbocycles. The lowest BCUT2D eigenvalue weighted by atomic mass is 10.0. The van der Waals surface area contributed by atoms with Crippen molar-refractivity contribution in [3.63, 3.8) is 0 Å². The number of carbonyl (C=O) groups is 3. The Balaban J connectivity index is 4.41. The molecule has 0 heterocycles. The second kappa shape index (κ2) is 56.2. The number of allylic oxidation sites excluding steroid dienone is 14. The van der Waals surface area contributed by atoms with Gasteiger partial charge in [0.05, 0.1) is 0 Å². The summed E-state index contributed by atoms with van der Waals surface area (Å²) in [7, 11) is 0. The van der Waals surface area contributed by atoms with Crippen LogP contribution >= 0.6 is 0 Å². The summed E-state index contributed by atoms with van der Waals surface area (Å²) in [6.07, 6.45) is 72.8. The predicted molar refractivity (Wildman–Crippen MR) is 293 cm³/mol. The van der Waals surface area contributed by atoms with Crippen LogP contribution in [-0.4, -0.2) is 37.2 Å². The summed E-state index contributed by atoms with van der Waals surface area (Å²) in [5.74, 6) is -0.921. The smallest absolute Gasteiger partial charge is 0.306 e. The van der Waals surface area contributed by atoms with Gasteiger partial charge in [-0.25, -0.2) is 0 Å². The van der Waals surface area contributed by atoms with E-state index in [0.717, 1.165) is 116 Å². The van der Waals surface area contributed by atoms with Gasteiger partial charge in [0.2, 0.25) is 0 Å². The maximum Gasteiger partial charge on any atom is 0.306 e. The summed E-state index contributed by atoms with van der Waals surface area (Å²) in [4.78, 5) is 38.1. The van der Waals surface area contributed by atoms with Gasteiger partial charge >= 0.3 is 17.9 Å². The van der Waals surface area contributed by atoms with E-state index in [1.165, 1.54) is 116 Å². The molecule has 1 unspecified atom stereocenters. The summed E-state index contributed by atoms with van der Waals surface area (Å²) >= 11 is 0. The van der Waals surface area contributed by atoms with Crippen molar-refractivity contribution in [3.8, 4) is 0 Å². The van der Waals surface area contributed by atoms with Crippen LogP contribution in [0.3, 0.4) is 0 Å². The van der Waals surface area contributed by atoms with Gasteiger partial charge in [0, 0.05) is 19.3 Å². The van der Waals surface area contributed by atoms with Crippen molar-refractivity contribution in [2.45, 2.75) is 277 Å². The molecule has 0 aromatic heterocycles. The van der Waals surface area contributed by atoms with Gasteiger partial charge < -0.3 is 14.2 Å². The molecule has 0 fully saturated rings. The maximum absolute atomic E-state index is 12.8. The third kappa shape index (κ3) is 53.5. The van der Waals surface area contributed by atoms with Crippen LogP contribution in [-0.2, 0) is 28.6 Å². The zero-order valence-electron chi connectivity index (χ0n) is 44.6. The van der Waals surface area contributed by atoms with Crippen molar-refractivity contribution in [2.24, 2.45) is 0 Å². The number of esters is 3. The van der Waals surface area contributed by atoms with Crippen molar-refractivity contribution in [3.05, 3.63) is 85.1 Å². The van der Waals surface area contributed by atoms with Crippen molar-refractivity contribution in [1.82, 2.24) is 0 Å². The van der Waals surface area contributed by atoms with Gasteiger partial charge in [-0.2, -0.15) is 0 Å². The van der Waals surface area contributed by atoms with Gasteiger partial charge in [-0.3, -0.25) is 14.4 Å². The molecule has 0 N–H and O–H groups in total. The standard InChI is InChI=1S/C62H106O6/c1-4-7-10-13-16-19-22-25-27-29-30-31-32-34-35-37-40-43-46-49-52-55-61(64)67-58-59(57-66-60(63)54-51-48-45-42-39-24-21-18-15-12-9-6-3)68-62(65)56-53-50-47-44-41-38-36-33-28-26-23-20-17-14-11-8-5-2/h8,11,17,20,22,25-26,28-30,32,34,36,38,59H,4-7,9-10,12-16,18-19,21,23-24,27,31,33,35,37,39-58H2,1-3H3/b11-8-,20-17-,25-22-,28-26-,30-29-,34-32-,38-36-. The molecule has 6 nitrogen and oxygen atoms in total. The monoisotopic (exact) mass is 947 g/mol. The molecule has 6 heteroatoms. The highest BCUT2D eigenvalue weighted by Gasteiger charge is 2.19. The van der Waals surface area contributed by atoms with Crippen molar-refractivity contribution in [2.75, 3.05) is 13.2 Å². The SMILES string of the molecule is CC/C=C\C/C=C\C/C=C\C/C=C\CCCCCCC(=O)OC(COC(=O)CCCCCCCC/C=C\C/C=C\C/C=C\CCCCCCC)COC(=O)CCCCCCCCCCCCCC.